The highest BCUT2D eigenvalue weighted by Gasteiger charge is 2.16. The summed E-state index contributed by atoms with van der Waals surface area (Å²) in [5.41, 5.74) is 5.05. The maximum atomic E-state index is 8.85. The van der Waals surface area contributed by atoms with Crippen LogP contribution in [0.2, 0.25) is 5.02 Å². The molecule has 0 spiro atoms. The minimum Gasteiger partial charge on any atom is -0.368 e. The lowest BCUT2D eigenvalue weighted by Crippen LogP contribution is -2.16. The van der Waals surface area contributed by atoms with Crippen molar-refractivity contribution in [3.63, 3.8) is 0 Å². The maximum absolute atomic E-state index is 8.85. The third-order valence-electron chi connectivity index (χ3n) is 4.80. The molecule has 3 heterocycles. The fourth-order valence-corrected chi connectivity index (χ4v) is 3.44. The summed E-state index contributed by atoms with van der Waals surface area (Å²) >= 11 is 6.16. The lowest BCUT2D eigenvalue weighted by molar-refractivity contribution is 1.02. The molecule has 160 valence electrons. The van der Waals surface area contributed by atoms with E-state index in [4.69, 9.17) is 21.8 Å². The van der Waals surface area contributed by atoms with Crippen molar-refractivity contribution in [3.8, 4) is 28.7 Å². The van der Waals surface area contributed by atoms with Gasteiger partial charge in [-0.3, -0.25) is 0 Å². The van der Waals surface area contributed by atoms with Gasteiger partial charge in [-0.25, -0.2) is 19.9 Å². The Morgan fingerprint density at radius 1 is 0.969 bits per heavy atom. The first kappa shape index (κ1) is 21.3. The lowest BCUT2D eigenvalue weighted by Gasteiger charge is -2.13. The van der Waals surface area contributed by atoms with Crippen molar-refractivity contribution >= 4 is 23.4 Å². The monoisotopic (exact) mass is 444 g/mol. The molecule has 0 atom stereocenters. The molecule has 32 heavy (non-hydrogen) atoms. The molecule has 9 heteroatoms. The molecule has 8 nitrogen and oxygen atoms in total. The minimum absolute atomic E-state index is 0.510. The number of aromatic nitrogens is 5. The summed E-state index contributed by atoms with van der Waals surface area (Å²) in [6.07, 6.45) is 5.09. The van der Waals surface area contributed by atoms with E-state index in [9.17, 15) is 0 Å². The quantitative estimate of drug-likeness (QED) is 0.357. The summed E-state index contributed by atoms with van der Waals surface area (Å²) < 4.78 is 0. The van der Waals surface area contributed by atoms with Gasteiger partial charge in [0.15, 0.2) is 0 Å². The van der Waals surface area contributed by atoms with Crippen LogP contribution >= 0.6 is 11.6 Å². The van der Waals surface area contributed by atoms with E-state index in [1.165, 1.54) is 6.20 Å². The number of pyridine rings is 1. The molecule has 0 unspecified atom stereocenters. The van der Waals surface area contributed by atoms with Crippen LogP contribution in [0.15, 0.2) is 48.9 Å². The van der Waals surface area contributed by atoms with E-state index in [1.54, 1.807) is 24.5 Å². The molecule has 0 amide bonds. The van der Waals surface area contributed by atoms with E-state index in [0.717, 1.165) is 28.1 Å². The fourth-order valence-electron chi connectivity index (χ4n) is 3.22. The van der Waals surface area contributed by atoms with Gasteiger partial charge in [0.2, 0.25) is 5.95 Å². The lowest BCUT2D eigenvalue weighted by atomic mass is 10.0. The van der Waals surface area contributed by atoms with Gasteiger partial charge in [0.05, 0.1) is 16.8 Å². The molecular formula is C23H21ClN8. The van der Waals surface area contributed by atoms with Gasteiger partial charge in [-0.2, -0.15) is 5.26 Å². The van der Waals surface area contributed by atoms with Gasteiger partial charge in [0.1, 0.15) is 17.7 Å². The number of hydrogen-bond donors (Lipinski definition) is 3. The molecule has 0 aliphatic rings. The highest BCUT2D eigenvalue weighted by atomic mass is 35.5. The third-order valence-corrected chi connectivity index (χ3v) is 5.03. The Morgan fingerprint density at radius 2 is 1.81 bits per heavy atom. The summed E-state index contributed by atoms with van der Waals surface area (Å²) in [4.78, 5) is 21.2. The molecule has 0 aliphatic heterocycles. The Labute approximate surface area is 190 Å². The van der Waals surface area contributed by atoms with Crippen LogP contribution in [0.3, 0.4) is 0 Å². The number of nitriles is 1. The van der Waals surface area contributed by atoms with Gasteiger partial charge in [-0.1, -0.05) is 17.7 Å². The Bertz CT molecular complexity index is 1270. The number of hydrogen-bond acceptors (Lipinski definition) is 7. The first-order valence-corrected chi connectivity index (χ1v) is 10.4. The van der Waals surface area contributed by atoms with Crippen molar-refractivity contribution in [3.05, 3.63) is 70.8 Å². The number of halogens is 1. The molecule has 0 saturated heterocycles. The number of H-pyrrole nitrogens is 1. The highest BCUT2D eigenvalue weighted by molar-refractivity contribution is 6.30. The van der Waals surface area contributed by atoms with Gasteiger partial charge in [0, 0.05) is 48.0 Å². The molecule has 0 bridgehead atoms. The number of anilines is 2. The van der Waals surface area contributed by atoms with Crippen LogP contribution in [0.1, 0.15) is 16.8 Å². The van der Waals surface area contributed by atoms with Crippen molar-refractivity contribution in [2.75, 3.05) is 23.7 Å². The summed E-state index contributed by atoms with van der Waals surface area (Å²) in [6, 6.07) is 11.3. The van der Waals surface area contributed by atoms with E-state index >= 15 is 0 Å². The molecule has 4 aromatic rings. The molecular weight excluding hydrogens is 424 g/mol. The second-order valence-corrected chi connectivity index (χ2v) is 7.66. The Kier molecular flexibility index (Phi) is 6.29. The van der Waals surface area contributed by atoms with E-state index in [1.807, 2.05) is 32.0 Å². The second kappa shape index (κ2) is 9.45. The summed E-state index contributed by atoms with van der Waals surface area (Å²) in [5.74, 6) is 1.93. The van der Waals surface area contributed by atoms with E-state index in [0.29, 0.717) is 41.3 Å². The van der Waals surface area contributed by atoms with Crippen molar-refractivity contribution in [1.82, 2.24) is 24.9 Å². The molecule has 0 radical (unpaired) electrons. The van der Waals surface area contributed by atoms with Gasteiger partial charge in [-0.05, 0) is 43.7 Å². The van der Waals surface area contributed by atoms with Crippen molar-refractivity contribution < 1.29 is 0 Å². The SMILES string of the molecule is Cc1cnc(-c2cnc(NCCNc3ccc(C#N)cn3)nc2-c2ccc(Cl)cc2C)[nH]1. The Morgan fingerprint density at radius 3 is 2.50 bits per heavy atom. The van der Waals surface area contributed by atoms with Gasteiger partial charge in [-0.15, -0.1) is 0 Å². The first-order chi connectivity index (χ1) is 15.5. The minimum atomic E-state index is 0.510. The zero-order chi connectivity index (χ0) is 22.5. The van der Waals surface area contributed by atoms with Crippen molar-refractivity contribution in [2.45, 2.75) is 13.8 Å². The second-order valence-electron chi connectivity index (χ2n) is 7.23. The van der Waals surface area contributed by atoms with Gasteiger partial charge < -0.3 is 15.6 Å². The maximum Gasteiger partial charge on any atom is 0.223 e. The Balaban J connectivity index is 1.53. The summed E-state index contributed by atoms with van der Waals surface area (Å²) in [5, 5.41) is 16.0. The van der Waals surface area contributed by atoms with Gasteiger partial charge >= 0.3 is 0 Å². The number of aryl methyl sites for hydroxylation is 2. The number of nitrogens with one attached hydrogen (secondary N) is 3. The normalized spacial score (nSPS) is 10.6. The standard InChI is InChI=1S/C23H21ClN8/c1-14-9-17(24)4-5-18(14)21-19(22-29-11-15(2)31-22)13-30-23(32-21)27-8-7-26-20-6-3-16(10-25)12-28-20/h3-6,9,11-13H,7-8H2,1-2H3,(H,26,28)(H,29,31)(H,27,30,32). The number of benzene rings is 1. The molecule has 1 aromatic carbocycles. The zero-order valence-corrected chi connectivity index (χ0v) is 18.4. The van der Waals surface area contributed by atoms with Crippen LogP contribution in [0, 0.1) is 25.2 Å². The van der Waals surface area contributed by atoms with Gasteiger partial charge in [0.25, 0.3) is 0 Å². The summed E-state index contributed by atoms with van der Waals surface area (Å²) in [7, 11) is 0. The zero-order valence-electron chi connectivity index (χ0n) is 17.6. The summed E-state index contributed by atoms with van der Waals surface area (Å²) in [6.45, 7) is 5.15. The van der Waals surface area contributed by atoms with Crippen LogP contribution in [0.25, 0.3) is 22.6 Å². The molecule has 3 N–H and O–H groups in total. The molecule has 0 saturated carbocycles. The van der Waals surface area contributed by atoms with Crippen molar-refractivity contribution in [1.29, 1.82) is 5.26 Å². The van der Waals surface area contributed by atoms with Crippen LogP contribution in [-0.2, 0) is 0 Å². The predicted octanol–water partition coefficient (Wildman–Crippen LogP) is 4.59. The Hall–Kier alpha value is -3.96. The van der Waals surface area contributed by atoms with E-state index in [2.05, 4.69) is 36.6 Å². The average Bonchev–Trinajstić information content (AvgIpc) is 3.23. The average molecular weight is 445 g/mol. The third kappa shape index (κ3) is 4.85. The van der Waals surface area contributed by atoms with Crippen LogP contribution in [0.5, 0.6) is 0 Å². The smallest absolute Gasteiger partial charge is 0.223 e. The van der Waals surface area contributed by atoms with E-state index < -0.39 is 0 Å². The van der Waals surface area contributed by atoms with Crippen LogP contribution in [-0.4, -0.2) is 38.0 Å². The van der Waals surface area contributed by atoms with Crippen molar-refractivity contribution in [2.24, 2.45) is 0 Å². The van der Waals surface area contributed by atoms with E-state index in [-0.39, 0.29) is 0 Å². The number of rotatable bonds is 7. The fraction of sp³-hybridized carbons (Fsp3) is 0.174. The number of imidazole rings is 1. The molecule has 3 aromatic heterocycles. The molecule has 0 fully saturated rings. The topological polar surface area (TPSA) is 115 Å². The largest absolute Gasteiger partial charge is 0.368 e. The van der Waals surface area contributed by atoms with Crippen LogP contribution < -0.4 is 10.6 Å². The van der Waals surface area contributed by atoms with Crippen LogP contribution in [0.4, 0.5) is 11.8 Å². The predicted molar refractivity (Wildman–Crippen MR) is 125 cm³/mol. The highest BCUT2D eigenvalue weighted by Crippen LogP contribution is 2.32. The number of aromatic amines is 1. The number of nitrogens with zero attached hydrogens (tertiary/aromatic N) is 5. The molecule has 4 rings (SSSR count). The molecule has 0 aliphatic carbocycles. The first-order valence-electron chi connectivity index (χ1n) is 10.0.